The van der Waals surface area contributed by atoms with E-state index in [4.69, 9.17) is 5.11 Å². The summed E-state index contributed by atoms with van der Waals surface area (Å²) in [6, 6.07) is 0. The van der Waals surface area contributed by atoms with Gasteiger partial charge in [0, 0.05) is 12.5 Å². The van der Waals surface area contributed by atoms with Gasteiger partial charge in [0.2, 0.25) is 0 Å². The van der Waals surface area contributed by atoms with E-state index in [2.05, 4.69) is 0 Å². The molecule has 5 N–H and O–H groups in total. The van der Waals surface area contributed by atoms with Crippen molar-refractivity contribution < 1.29 is 25.5 Å². The minimum Gasteiger partial charge on any atom is -0.396 e. The monoisotopic (exact) mass is 192 g/mol. The highest BCUT2D eigenvalue weighted by Crippen LogP contribution is 2.30. The van der Waals surface area contributed by atoms with Crippen molar-refractivity contribution in [3.05, 3.63) is 0 Å². The normalized spacial score (nSPS) is 52.2. The summed E-state index contributed by atoms with van der Waals surface area (Å²) in [5, 5.41) is 46.2. The van der Waals surface area contributed by atoms with E-state index in [-0.39, 0.29) is 6.61 Å². The van der Waals surface area contributed by atoms with Crippen LogP contribution in [0.1, 0.15) is 6.92 Å². The van der Waals surface area contributed by atoms with Gasteiger partial charge in [-0.3, -0.25) is 0 Å². The number of hydrogen-bond acceptors (Lipinski definition) is 5. The molecule has 0 saturated heterocycles. The van der Waals surface area contributed by atoms with Gasteiger partial charge in [-0.1, -0.05) is 6.92 Å². The van der Waals surface area contributed by atoms with Gasteiger partial charge in [-0.2, -0.15) is 0 Å². The minimum atomic E-state index is -1.39. The fraction of sp³-hybridized carbons (Fsp3) is 1.00. The van der Waals surface area contributed by atoms with Gasteiger partial charge in [-0.05, 0) is 5.92 Å². The third kappa shape index (κ3) is 1.70. The molecule has 78 valence electrons. The van der Waals surface area contributed by atoms with E-state index in [9.17, 15) is 20.4 Å². The number of aliphatic hydroxyl groups excluding tert-OH is 5. The van der Waals surface area contributed by atoms with Crippen LogP contribution in [0.25, 0.3) is 0 Å². The Morgan fingerprint density at radius 3 is 1.77 bits per heavy atom. The maximum absolute atomic E-state index is 9.41. The molecule has 1 aliphatic rings. The molecule has 0 aromatic rings. The first-order chi connectivity index (χ1) is 6.00. The molecule has 1 rings (SSSR count). The first-order valence-electron chi connectivity index (χ1n) is 4.33. The van der Waals surface area contributed by atoms with E-state index in [1.54, 1.807) is 6.92 Å². The average molecular weight is 192 g/mol. The molecule has 1 aliphatic carbocycles. The zero-order chi connectivity index (χ0) is 10.2. The zero-order valence-electron chi connectivity index (χ0n) is 7.41. The second-order valence-electron chi connectivity index (χ2n) is 3.67. The lowest BCUT2D eigenvalue weighted by Crippen LogP contribution is -2.58. The molecule has 0 bridgehead atoms. The summed E-state index contributed by atoms with van der Waals surface area (Å²) in [6.07, 6.45) is -5.01. The maximum Gasteiger partial charge on any atom is 0.109 e. The molecule has 0 aromatic carbocycles. The summed E-state index contributed by atoms with van der Waals surface area (Å²) in [5.41, 5.74) is 0. The predicted molar refractivity (Wildman–Crippen MR) is 43.8 cm³/mol. The van der Waals surface area contributed by atoms with Crippen molar-refractivity contribution in [1.82, 2.24) is 0 Å². The predicted octanol–water partition coefficient (Wildman–Crippen LogP) is -2.31. The van der Waals surface area contributed by atoms with Gasteiger partial charge in [-0.25, -0.2) is 0 Å². The molecule has 6 atom stereocenters. The van der Waals surface area contributed by atoms with Gasteiger partial charge in [-0.15, -0.1) is 0 Å². The van der Waals surface area contributed by atoms with Crippen LogP contribution in [0, 0.1) is 11.8 Å². The fourth-order valence-corrected chi connectivity index (χ4v) is 1.81. The van der Waals surface area contributed by atoms with E-state index >= 15 is 0 Å². The van der Waals surface area contributed by atoms with Crippen molar-refractivity contribution >= 4 is 0 Å². The molecule has 0 heterocycles. The van der Waals surface area contributed by atoms with Gasteiger partial charge in [0.1, 0.15) is 12.2 Å². The summed E-state index contributed by atoms with van der Waals surface area (Å²) in [6.45, 7) is 1.30. The van der Waals surface area contributed by atoms with Crippen molar-refractivity contribution in [1.29, 1.82) is 0 Å². The van der Waals surface area contributed by atoms with Crippen molar-refractivity contribution in [2.45, 2.75) is 31.3 Å². The van der Waals surface area contributed by atoms with E-state index in [0.717, 1.165) is 0 Å². The van der Waals surface area contributed by atoms with Crippen LogP contribution in [0.5, 0.6) is 0 Å². The van der Waals surface area contributed by atoms with Crippen LogP contribution in [0.3, 0.4) is 0 Å². The molecule has 5 nitrogen and oxygen atoms in total. The largest absolute Gasteiger partial charge is 0.396 e. The summed E-state index contributed by atoms with van der Waals surface area (Å²) in [4.78, 5) is 0. The summed E-state index contributed by atoms with van der Waals surface area (Å²) < 4.78 is 0. The Bertz CT molecular complexity index is 158. The van der Waals surface area contributed by atoms with Crippen LogP contribution in [0.4, 0.5) is 0 Å². The Kier molecular flexibility index (Phi) is 3.26. The minimum absolute atomic E-state index is 0.316. The van der Waals surface area contributed by atoms with Gasteiger partial charge < -0.3 is 25.5 Å². The second kappa shape index (κ2) is 3.89. The lowest BCUT2D eigenvalue weighted by molar-refractivity contribution is -0.186. The molecule has 0 amide bonds. The van der Waals surface area contributed by atoms with Crippen LogP contribution in [0.2, 0.25) is 0 Å². The molecule has 0 radical (unpaired) electrons. The summed E-state index contributed by atoms with van der Waals surface area (Å²) in [7, 11) is 0. The second-order valence-corrected chi connectivity index (χ2v) is 3.67. The molecule has 1 fully saturated rings. The third-order valence-electron chi connectivity index (χ3n) is 2.91. The molecule has 5 heteroatoms. The smallest absolute Gasteiger partial charge is 0.109 e. The zero-order valence-corrected chi connectivity index (χ0v) is 7.41. The Morgan fingerprint density at radius 1 is 0.846 bits per heavy atom. The van der Waals surface area contributed by atoms with Crippen LogP contribution in [0.15, 0.2) is 0 Å². The van der Waals surface area contributed by atoms with E-state index in [0.29, 0.717) is 0 Å². The molecule has 13 heavy (non-hydrogen) atoms. The van der Waals surface area contributed by atoms with Gasteiger partial charge in [0.25, 0.3) is 0 Å². The Balaban J connectivity index is 2.79. The highest BCUT2D eigenvalue weighted by atomic mass is 16.4. The molecule has 6 unspecified atom stereocenters. The highest BCUT2D eigenvalue weighted by molar-refractivity contribution is 4.95. The number of hydrogen-bond donors (Lipinski definition) is 5. The van der Waals surface area contributed by atoms with E-state index in [1.807, 2.05) is 0 Å². The van der Waals surface area contributed by atoms with Gasteiger partial charge >= 0.3 is 0 Å². The first-order valence-corrected chi connectivity index (χ1v) is 4.33. The average Bonchev–Trinajstić information content (AvgIpc) is 2.13. The molecular weight excluding hydrogens is 176 g/mol. The summed E-state index contributed by atoms with van der Waals surface area (Å²) in [5.74, 6) is -1.02. The number of aliphatic hydroxyl groups is 5. The molecule has 1 saturated carbocycles. The van der Waals surface area contributed by atoms with Gasteiger partial charge in [0.05, 0.1) is 12.2 Å². The Hall–Kier alpha value is -0.200. The van der Waals surface area contributed by atoms with E-state index < -0.39 is 36.3 Å². The molecule has 0 aromatic heterocycles. The Morgan fingerprint density at radius 2 is 1.31 bits per heavy atom. The lowest BCUT2D eigenvalue weighted by Gasteiger charge is -2.42. The van der Waals surface area contributed by atoms with E-state index in [1.165, 1.54) is 0 Å². The van der Waals surface area contributed by atoms with Gasteiger partial charge in [0.15, 0.2) is 0 Å². The van der Waals surface area contributed by atoms with Crippen LogP contribution in [-0.2, 0) is 0 Å². The SMILES string of the molecule is CC1C(O)C(O)C(O)C(O)C1CO. The van der Waals surface area contributed by atoms with Crippen molar-refractivity contribution in [3.8, 4) is 0 Å². The number of rotatable bonds is 1. The third-order valence-corrected chi connectivity index (χ3v) is 2.91. The van der Waals surface area contributed by atoms with Crippen LogP contribution < -0.4 is 0 Å². The Labute approximate surface area is 76.3 Å². The lowest BCUT2D eigenvalue weighted by atomic mass is 9.74. The standard InChI is InChI=1S/C8H16O5/c1-3-4(2-9)6(11)8(13)7(12)5(3)10/h3-13H,2H2,1H3. The highest BCUT2D eigenvalue weighted by Gasteiger charge is 2.46. The quantitative estimate of drug-likeness (QED) is 0.321. The van der Waals surface area contributed by atoms with Crippen molar-refractivity contribution in [3.63, 3.8) is 0 Å². The van der Waals surface area contributed by atoms with Crippen molar-refractivity contribution in [2.24, 2.45) is 11.8 Å². The van der Waals surface area contributed by atoms with Crippen LogP contribution >= 0.6 is 0 Å². The summed E-state index contributed by atoms with van der Waals surface area (Å²) >= 11 is 0. The molecular formula is C8H16O5. The first kappa shape index (κ1) is 10.9. The topological polar surface area (TPSA) is 101 Å². The fourth-order valence-electron chi connectivity index (χ4n) is 1.81. The van der Waals surface area contributed by atoms with Crippen molar-refractivity contribution in [2.75, 3.05) is 6.61 Å². The maximum atomic E-state index is 9.41. The van der Waals surface area contributed by atoms with Crippen LogP contribution in [-0.4, -0.2) is 56.6 Å². The molecule has 0 aliphatic heterocycles. The molecule has 0 spiro atoms.